The summed E-state index contributed by atoms with van der Waals surface area (Å²) in [6, 6.07) is 11.5. The summed E-state index contributed by atoms with van der Waals surface area (Å²) in [6.07, 6.45) is 8.37. The molecule has 2 saturated heterocycles. The molecule has 48 heavy (non-hydrogen) atoms. The van der Waals surface area contributed by atoms with Crippen molar-refractivity contribution in [2.75, 3.05) is 33.9 Å². The molecule has 4 aromatic rings. The third-order valence-corrected chi connectivity index (χ3v) is 9.37. The lowest BCUT2D eigenvalue weighted by Gasteiger charge is -2.22. The molecule has 3 N–H and O–H groups in total. The van der Waals surface area contributed by atoms with Gasteiger partial charge in [-0.05, 0) is 25.7 Å². The molecule has 2 aliphatic heterocycles. The Bertz CT molecular complexity index is 1750. The zero-order valence-corrected chi connectivity index (χ0v) is 28.5. The van der Waals surface area contributed by atoms with Gasteiger partial charge in [0.1, 0.15) is 11.4 Å². The first kappa shape index (κ1) is 34.0. The predicted molar refractivity (Wildman–Crippen MR) is 185 cm³/mol. The van der Waals surface area contributed by atoms with Crippen molar-refractivity contribution < 1.29 is 19.0 Å². The number of hydrogen-bond donors (Lipinski definition) is 3. The van der Waals surface area contributed by atoms with Crippen molar-refractivity contribution in [3.63, 3.8) is 0 Å². The molecule has 0 aliphatic carbocycles. The van der Waals surface area contributed by atoms with Gasteiger partial charge in [-0.3, -0.25) is 14.8 Å². The van der Waals surface area contributed by atoms with E-state index in [2.05, 4.69) is 25.9 Å². The summed E-state index contributed by atoms with van der Waals surface area (Å²) in [5.74, 6) is 0.913. The molecule has 2 atom stereocenters. The Morgan fingerprint density at radius 2 is 1.38 bits per heavy atom. The van der Waals surface area contributed by atoms with E-state index in [1.807, 2.05) is 36.4 Å². The van der Waals surface area contributed by atoms with Gasteiger partial charge < -0.3 is 30.2 Å². The van der Waals surface area contributed by atoms with Gasteiger partial charge in [-0.15, -0.1) is 0 Å². The normalized spacial score (nSPS) is 17.7. The molecule has 2 aromatic heterocycles. The number of nitrogens with zero attached hydrogens (tertiary/aromatic N) is 4. The number of aromatic nitrogens is 4. The van der Waals surface area contributed by atoms with E-state index in [1.165, 1.54) is 6.42 Å². The van der Waals surface area contributed by atoms with Crippen LogP contribution in [0.1, 0.15) is 43.5 Å². The maximum absolute atomic E-state index is 11.5. The molecule has 13 heteroatoms. The Hall–Kier alpha value is -3.87. The van der Waals surface area contributed by atoms with E-state index >= 15 is 0 Å². The summed E-state index contributed by atoms with van der Waals surface area (Å²) < 4.78 is 17.0. The molecule has 1 unspecified atom stereocenters. The van der Waals surface area contributed by atoms with Crippen molar-refractivity contribution in [1.82, 2.24) is 35.9 Å². The van der Waals surface area contributed by atoms with Gasteiger partial charge in [0.05, 0.1) is 54.2 Å². The fourth-order valence-corrected chi connectivity index (χ4v) is 6.66. The Labute approximate surface area is 290 Å². The summed E-state index contributed by atoms with van der Waals surface area (Å²) in [4.78, 5) is 30.3. The summed E-state index contributed by atoms with van der Waals surface area (Å²) in [7, 11) is 3.15. The maximum atomic E-state index is 11.5. The van der Waals surface area contributed by atoms with E-state index in [0.717, 1.165) is 43.5 Å². The Balaban J connectivity index is 1.20. The van der Waals surface area contributed by atoms with Gasteiger partial charge in [-0.2, -0.15) is 0 Å². The van der Waals surface area contributed by atoms with Crippen LogP contribution in [0, 0.1) is 0 Å². The van der Waals surface area contributed by atoms with E-state index in [-0.39, 0.29) is 18.1 Å². The Kier molecular flexibility index (Phi) is 11.3. The third-order valence-electron chi connectivity index (χ3n) is 8.56. The Morgan fingerprint density at radius 1 is 0.812 bits per heavy atom. The van der Waals surface area contributed by atoms with Crippen LogP contribution in [-0.2, 0) is 22.6 Å². The van der Waals surface area contributed by atoms with E-state index in [4.69, 9.17) is 47.4 Å². The molecule has 11 nitrogen and oxygen atoms in total. The Morgan fingerprint density at radius 3 is 1.88 bits per heavy atom. The molecular weight excluding hydrogens is 653 g/mol. The number of carbonyl (C=O) groups excluding carboxylic acids is 1. The molecule has 2 aromatic carbocycles. The van der Waals surface area contributed by atoms with Crippen LogP contribution >= 0.6 is 23.2 Å². The number of nitrogens with one attached hydrogen (secondary N) is 3. The molecule has 2 aliphatic rings. The van der Waals surface area contributed by atoms with Crippen molar-refractivity contribution in [2.24, 2.45) is 0 Å². The zero-order valence-electron chi connectivity index (χ0n) is 27.0. The van der Waals surface area contributed by atoms with Gasteiger partial charge >= 0.3 is 0 Å². The van der Waals surface area contributed by atoms with Crippen molar-refractivity contribution >= 4 is 29.1 Å². The summed E-state index contributed by atoms with van der Waals surface area (Å²) in [5, 5.41) is 10.7. The van der Waals surface area contributed by atoms with Crippen molar-refractivity contribution in [1.29, 1.82) is 0 Å². The highest BCUT2D eigenvalue weighted by Gasteiger charge is 2.22. The minimum absolute atomic E-state index is 0.0860. The molecule has 4 heterocycles. The fourth-order valence-electron chi connectivity index (χ4n) is 6.01. The van der Waals surface area contributed by atoms with E-state index in [9.17, 15) is 4.79 Å². The first-order valence-corrected chi connectivity index (χ1v) is 16.9. The van der Waals surface area contributed by atoms with Gasteiger partial charge in [-0.25, -0.2) is 9.97 Å². The lowest BCUT2D eigenvalue weighted by molar-refractivity contribution is -0.119. The molecular formula is C35H39Cl2N7O4. The number of ether oxygens (including phenoxy) is 3. The average molecular weight is 693 g/mol. The van der Waals surface area contributed by atoms with Crippen LogP contribution in [0.4, 0.5) is 0 Å². The van der Waals surface area contributed by atoms with Gasteiger partial charge in [0.15, 0.2) is 0 Å². The quantitative estimate of drug-likeness (QED) is 0.162. The predicted octanol–water partition coefficient (Wildman–Crippen LogP) is 5.62. The second-order valence-electron chi connectivity index (χ2n) is 11.8. The molecule has 0 radical (unpaired) electrons. The van der Waals surface area contributed by atoms with Crippen molar-refractivity contribution in [2.45, 2.75) is 57.3 Å². The number of rotatable bonds is 13. The van der Waals surface area contributed by atoms with Crippen LogP contribution in [0.15, 0.2) is 48.8 Å². The molecule has 0 bridgehead atoms. The topological polar surface area (TPSA) is 132 Å². The zero-order chi connectivity index (χ0) is 33.5. The monoisotopic (exact) mass is 691 g/mol. The first-order valence-electron chi connectivity index (χ1n) is 16.2. The third kappa shape index (κ3) is 7.88. The molecule has 252 valence electrons. The van der Waals surface area contributed by atoms with Crippen LogP contribution in [0.2, 0.25) is 10.0 Å². The van der Waals surface area contributed by atoms with Crippen molar-refractivity contribution in [3.05, 3.63) is 70.2 Å². The molecule has 0 spiro atoms. The van der Waals surface area contributed by atoms with Gasteiger partial charge in [0.2, 0.25) is 17.7 Å². The summed E-state index contributed by atoms with van der Waals surface area (Å²) in [6.45, 7) is 3.17. The van der Waals surface area contributed by atoms with Gasteiger partial charge in [0.25, 0.3) is 0 Å². The number of halogens is 2. The minimum Gasteiger partial charge on any atom is -0.480 e. The summed E-state index contributed by atoms with van der Waals surface area (Å²) >= 11 is 14.1. The fraction of sp³-hybridized carbons (Fsp3) is 0.400. The number of carbonyl (C=O) groups is 1. The number of benzene rings is 2. The first-order chi connectivity index (χ1) is 23.4. The van der Waals surface area contributed by atoms with Crippen LogP contribution in [0.5, 0.6) is 11.8 Å². The van der Waals surface area contributed by atoms with E-state index < -0.39 is 0 Å². The molecule has 1 amide bonds. The molecule has 2 fully saturated rings. The second-order valence-corrected chi connectivity index (χ2v) is 12.6. The SMILES string of the molecule is COc1nc(-c2cccc(-c3cccc(-c4cnc(CNC[C@@H]5CCC(=O)N5)c(OC)n4)c3Cl)c2Cl)cnc1CNCC1CCCCO1. The van der Waals surface area contributed by atoms with Crippen LogP contribution in [0.3, 0.4) is 0 Å². The maximum Gasteiger partial charge on any atom is 0.237 e. The highest BCUT2D eigenvalue weighted by molar-refractivity contribution is 6.39. The lowest BCUT2D eigenvalue weighted by Crippen LogP contribution is -2.35. The van der Waals surface area contributed by atoms with Crippen molar-refractivity contribution in [3.8, 4) is 45.4 Å². The minimum atomic E-state index is 0.0860. The highest BCUT2D eigenvalue weighted by Crippen LogP contribution is 2.42. The van der Waals surface area contributed by atoms with E-state index in [0.29, 0.717) is 81.8 Å². The van der Waals surface area contributed by atoms with Crippen LogP contribution < -0.4 is 25.4 Å². The van der Waals surface area contributed by atoms with Gasteiger partial charge in [-0.1, -0.05) is 59.6 Å². The summed E-state index contributed by atoms with van der Waals surface area (Å²) in [5.41, 5.74) is 5.37. The smallest absolute Gasteiger partial charge is 0.237 e. The number of amides is 1. The highest BCUT2D eigenvalue weighted by atomic mass is 35.5. The number of hydrogen-bond acceptors (Lipinski definition) is 10. The second kappa shape index (κ2) is 16.0. The van der Waals surface area contributed by atoms with E-state index in [1.54, 1.807) is 26.6 Å². The number of methoxy groups -OCH3 is 2. The van der Waals surface area contributed by atoms with Crippen LogP contribution in [0.25, 0.3) is 33.6 Å². The average Bonchev–Trinajstić information content (AvgIpc) is 3.54. The largest absolute Gasteiger partial charge is 0.480 e. The standard InChI is InChI=1S/C35H39Cl2N7O4/c1-46-34-29(17-38-15-21-12-13-31(45)42-21)40-19-27(43-34)25-10-5-8-23(32(25)36)24-9-6-11-26(33(24)37)28-20-41-30(35(44-28)47-2)18-39-16-22-7-3-4-14-48-22/h5-6,8-11,19-22,38-39H,3-4,7,12-18H2,1-2H3,(H,42,45)/t21-,22?/m0/s1. The lowest BCUT2D eigenvalue weighted by atomic mass is 9.98. The van der Waals surface area contributed by atoms with Crippen LogP contribution in [-0.4, -0.2) is 71.9 Å². The molecule has 6 rings (SSSR count). The van der Waals surface area contributed by atoms with Gasteiger partial charge in [0, 0.05) is 67.5 Å². The molecule has 0 saturated carbocycles.